The van der Waals surface area contributed by atoms with Crippen molar-refractivity contribution in [3.63, 3.8) is 0 Å². The van der Waals surface area contributed by atoms with E-state index >= 15 is 0 Å². The predicted molar refractivity (Wildman–Crippen MR) is 183 cm³/mol. The largest absolute Gasteiger partial charge is 0.377 e. The van der Waals surface area contributed by atoms with Gasteiger partial charge in [0.1, 0.15) is 5.78 Å². The number of rotatable bonds is 29. The molecule has 5 heteroatoms. The molecule has 0 bridgehead atoms. The second-order valence-corrected chi connectivity index (χ2v) is 14.5. The topological polar surface area (TPSA) is 55.8 Å². The number of ketones is 1. The van der Waals surface area contributed by atoms with E-state index in [1.807, 2.05) is 18.7 Å². The molecule has 1 saturated heterocycles. The standard InChI is InChI=1S/C38H73NO4/c1-32(2)25-21-17-15-13-11-9-7-8-10-12-14-16-18-22-26-36(40)27-23-19-20-24-28-38(41)39-30-37(43-34(5)6)29-35(39)31-42-33(3)4/h32-35,37H,7-31H2,1-6H3/t35-,37+/m0/s1. The molecule has 0 N–H and O–H groups in total. The van der Waals surface area contributed by atoms with Gasteiger partial charge in [0.05, 0.1) is 31.0 Å². The summed E-state index contributed by atoms with van der Waals surface area (Å²) in [6.07, 6.45) is 27.7. The summed E-state index contributed by atoms with van der Waals surface area (Å²) in [4.78, 5) is 27.3. The normalized spacial score (nSPS) is 17.2. The summed E-state index contributed by atoms with van der Waals surface area (Å²) in [6.45, 7) is 14.1. The smallest absolute Gasteiger partial charge is 0.222 e. The number of likely N-dealkylation sites (tertiary alicyclic amines) is 1. The van der Waals surface area contributed by atoms with Crippen molar-refractivity contribution in [1.82, 2.24) is 4.90 Å². The molecular formula is C38H73NO4. The molecular weight excluding hydrogens is 534 g/mol. The Morgan fingerprint density at radius 2 is 1.05 bits per heavy atom. The lowest BCUT2D eigenvalue weighted by molar-refractivity contribution is -0.134. The van der Waals surface area contributed by atoms with Gasteiger partial charge in [-0.2, -0.15) is 0 Å². The number of unbranched alkanes of at least 4 members (excludes halogenated alkanes) is 16. The fourth-order valence-electron chi connectivity index (χ4n) is 6.34. The molecule has 254 valence electrons. The molecule has 0 aromatic heterocycles. The highest BCUT2D eigenvalue weighted by atomic mass is 16.5. The van der Waals surface area contributed by atoms with Gasteiger partial charge in [0.15, 0.2) is 0 Å². The van der Waals surface area contributed by atoms with E-state index in [0.29, 0.717) is 31.8 Å². The number of carbonyl (C=O) groups is 2. The molecule has 2 atom stereocenters. The lowest BCUT2D eigenvalue weighted by Crippen LogP contribution is -2.39. The first-order valence-corrected chi connectivity index (χ1v) is 18.8. The summed E-state index contributed by atoms with van der Waals surface area (Å²) in [5.41, 5.74) is 0. The molecule has 1 heterocycles. The van der Waals surface area contributed by atoms with Gasteiger partial charge in [-0.25, -0.2) is 0 Å². The zero-order valence-electron chi connectivity index (χ0n) is 29.6. The summed E-state index contributed by atoms with van der Waals surface area (Å²) in [6, 6.07) is 0.116. The monoisotopic (exact) mass is 608 g/mol. The van der Waals surface area contributed by atoms with Crippen LogP contribution >= 0.6 is 0 Å². The predicted octanol–water partition coefficient (Wildman–Crippen LogP) is 10.6. The van der Waals surface area contributed by atoms with Crippen LogP contribution in [0.2, 0.25) is 0 Å². The van der Waals surface area contributed by atoms with Crippen molar-refractivity contribution in [2.24, 2.45) is 5.92 Å². The fourth-order valence-corrected chi connectivity index (χ4v) is 6.34. The molecule has 1 amide bonds. The van der Waals surface area contributed by atoms with Gasteiger partial charge in [0.2, 0.25) is 5.91 Å². The van der Waals surface area contributed by atoms with E-state index < -0.39 is 0 Å². The third-order valence-electron chi connectivity index (χ3n) is 8.87. The molecule has 1 fully saturated rings. The summed E-state index contributed by atoms with van der Waals surface area (Å²) < 4.78 is 11.9. The molecule has 0 spiro atoms. The van der Waals surface area contributed by atoms with Crippen LogP contribution in [0.3, 0.4) is 0 Å². The van der Waals surface area contributed by atoms with E-state index in [4.69, 9.17) is 9.47 Å². The highest BCUT2D eigenvalue weighted by Crippen LogP contribution is 2.24. The van der Waals surface area contributed by atoms with Crippen molar-refractivity contribution in [2.45, 2.75) is 214 Å². The van der Waals surface area contributed by atoms with Crippen LogP contribution < -0.4 is 0 Å². The average Bonchev–Trinajstić information content (AvgIpc) is 3.35. The zero-order valence-corrected chi connectivity index (χ0v) is 29.6. The molecule has 0 aromatic carbocycles. The van der Waals surface area contributed by atoms with Crippen LogP contribution in [-0.4, -0.2) is 54.1 Å². The first-order valence-electron chi connectivity index (χ1n) is 18.8. The lowest BCUT2D eigenvalue weighted by atomic mass is 10.0. The fraction of sp³-hybridized carbons (Fsp3) is 0.947. The van der Waals surface area contributed by atoms with Crippen LogP contribution in [0.4, 0.5) is 0 Å². The Morgan fingerprint density at radius 1 is 0.605 bits per heavy atom. The Hall–Kier alpha value is -0.940. The molecule has 0 saturated carbocycles. The molecule has 1 aliphatic rings. The van der Waals surface area contributed by atoms with E-state index in [2.05, 4.69) is 27.7 Å². The molecule has 0 aromatic rings. The van der Waals surface area contributed by atoms with Crippen molar-refractivity contribution in [3.05, 3.63) is 0 Å². The van der Waals surface area contributed by atoms with Gasteiger partial charge in [-0.05, 0) is 59.3 Å². The van der Waals surface area contributed by atoms with Crippen LogP contribution in [0, 0.1) is 5.92 Å². The van der Waals surface area contributed by atoms with E-state index in [1.54, 1.807) is 0 Å². The minimum absolute atomic E-state index is 0.106. The number of nitrogens with zero attached hydrogens (tertiary/aromatic N) is 1. The molecule has 1 aliphatic heterocycles. The summed E-state index contributed by atoms with van der Waals surface area (Å²) in [7, 11) is 0. The second-order valence-electron chi connectivity index (χ2n) is 14.5. The zero-order chi connectivity index (χ0) is 31.7. The second kappa shape index (κ2) is 26.3. The minimum Gasteiger partial charge on any atom is -0.377 e. The Labute approximate surface area is 268 Å². The van der Waals surface area contributed by atoms with Crippen LogP contribution in [0.15, 0.2) is 0 Å². The van der Waals surface area contributed by atoms with E-state index in [9.17, 15) is 9.59 Å². The van der Waals surface area contributed by atoms with Crippen LogP contribution in [0.25, 0.3) is 0 Å². The molecule has 0 unspecified atom stereocenters. The molecule has 1 rings (SSSR count). The van der Waals surface area contributed by atoms with E-state index in [-0.39, 0.29) is 30.3 Å². The Morgan fingerprint density at radius 3 is 1.49 bits per heavy atom. The Balaban J connectivity index is 1.94. The number of hydrogen-bond acceptors (Lipinski definition) is 4. The van der Waals surface area contributed by atoms with Gasteiger partial charge in [0.25, 0.3) is 0 Å². The molecule has 0 radical (unpaired) electrons. The van der Waals surface area contributed by atoms with Gasteiger partial charge in [0, 0.05) is 25.8 Å². The maximum atomic E-state index is 13.0. The van der Waals surface area contributed by atoms with Crippen molar-refractivity contribution >= 4 is 11.7 Å². The summed E-state index contributed by atoms with van der Waals surface area (Å²) in [5, 5.41) is 0. The molecule has 5 nitrogen and oxygen atoms in total. The first-order chi connectivity index (χ1) is 20.7. The Bertz CT molecular complexity index is 677. The van der Waals surface area contributed by atoms with E-state index in [0.717, 1.165) is 50.9 Å². The van der Waals surface area contributed by atoms with Gasteiger partial charge >= 0.3 is 0 Å². The number of Topliss-reactive ketones (excluding diaryl/α,β-unsaturated/α-hetero) is 1. The number of hydrogen-bond donors (Lipinski definition) is 0. The van der Waals surface area contributed by atoms with E-state index in [1.165, 1.54) is 89.9 Å². The lowest BCUT2D eigenvalue weighted by Gasteiger charge is -2.25. The van der Waals surface area contributed by atoms with Crippen LogP contribution in [0.1, 0.15) is 189 Å². The maximum Gasteiger partial charge on any atom is 0.222 e. The Kier molecular flexibility index (Phi) is 24.5. The van der Waals surface area contributed by atoms with Crippen molar-refractivity contribution < 1.29 is 19.1 Å². The number of ether oxygens (including phenoxy) is 2. The summed E-state index contributed by atoms with van der Waals surface area (Å²) >= 11 is 0. The highest BCUT2D eigenvalue weighted by Gasteiger charge is 2.36. The SMILES string of the molecule is CC(C)CCCCCCCCCCCCCCCCC(=O)CCCCCCC(=O)N1C[C@H](OC(C)C)C[C@H]1COC(C)C. The van der Waals surface area contributed by atoms with Gasteiger partial charge in [-0.3, -0.25) is 9.59 Å². The van der Waals surface area contributed by atoms with Gasteiger partial charge in [-0.1, -0.05) is 117 Å². The molecule has 43 heavy (non-hydrogen) atoms. The van der Waals surface area contributed by atoms with Gasteiger partial charge < -0.3 is 14.4 Å². The third kappa shape index (κ3) is 23.1. The van der Waals surface area contributed by atoms with Crippen molar-refractivity contribution in [3.8, 4) is 0 Å². The number of carbonyl (C=O) groups excluding carboxylic acids is 2. The third-order valence-corrected chi connectivity index (χ3v) is 8.87. The number of amides is 1. The molecule has 0 aliphatic carbocycles. The van der Waals surface area contributed by atoms with Crippen molar-refractivity contribution in [1.29, 1.82) is 0 Å². The summed E-state index contributed by atoms with van der Waals surface area (Å²) in [5.74, 6) is 1.52. The average molecular weight is 608 g/mol. The van der Waals surface area contributed by atoms with Crippen molar-refractivity contribution in [2.75, 3.05) is 13.2 Å². The van der Waals surface area contributed by atoms with Crippen LogP contribution in [0.5, 0.6) is 0 Å². The van der Waals surface area contributed by atoms with Gasteiger partial charge in [-0.15, -0.1) is 0 Å². The minimum atomic E-state index is 0.106. The quantitative estimate of drug-likeness (QED) is 0.0794. The maximum absolute atomic E-state index is 13.0. The van der Waals surface area contributed by atoms with Crippen LogP contribution in [-0.2, 0) is 19.1 Å². The highest BCUT2D eigenvalue weighted by molar-refractivity contribution is 5.78. The first kappa shape index (κ1) is 40.1.